The van der Waals surface area contributed by atoms with Crippen molar-refractivity contribution < 1.29 is 8.42 Å². The average Bonchev–Trinajstić information content (AvgIpc) is 2.36. The summed E-state index contributed by atoms with van der Waals surface area (Å²) in [7, 11) is -3.66. The van der Waals surface area contributed by atoms with Gasteiger partial charge in [-0.25, -0.2) is 13.1 Å². The van der Waals surface area contributed by atoms with Crippen molar-refractivity contribution in [2.45, 2.75) is 24.8 Å². The zero-order chi connectivity index (χ0) is 14.5. The Hall–Kier alpha value is -0.840. The molecule has 8 heteroatoms. The number of likely N-dealkylation sites (N-methyl/N-ethyl adjacent to an activating group) is 1. The molecule has 1 atom stereocenters. The third kappa shape index (κ3) is 5.27. The summed E-state index contributed by atoms with van der Waals surface area (Å²) in [6.07, 6.45) is 0. The molecule has 0 amide bonds. The summed E-state index contributed by atoms with van der Waals surface area (Å²) < 4.78 is 26.6. The van der Waals surface area contributed by atoms with Crippen LogP contribution in [-0.2, 0) is 10.0 Å². The first kappa shape index (κ1) is 19.2. The summed E-state index contributed by atoms with van der Waals surface area (Å²) in [5.41, 5.74) is 0.324. The minimum atomic E-state index is -3.66. The number of hydrogen-bond donors (Lipinski definition) is 2. The fraction of sp³-hybridized carbons (Fsp3) is 0.417. The second-order valence-corrected chi connectivity index (χ2v) is 6.21. The molecule has 1 aromatic rings. The summed E-state index contributed by atoms with van der Waals surface area (Å²) in [5, 5.41) is 11.9. The van der Waals surface area contributed by atoms with Crippen LogP contribution in [0.4, 0.5) is 0 Å². The predicted octanol–water partition coefficient (Wildman–Crippen LogP) is 1.91. The summed E-state index contributed by atoms with van der Waals surface area (Å²) >= 11 is 5.88. The number of halogens is 2. The summed E-state index contributed by atoms with van der Waals surface area (Å²) in [6.45, 7) is 4.86. The van der Waals surface area contributed by atoms with Gasteiger partial charge in [0.25, 0.3) is 0 Å². The Morgan fingerprint density at radius 3 is 2.60 bits per heavy atom. The standard InChI is InChI=1S/C12H16ClN3O2S.ClH/c1-3-15-9(2)8-16-19(17,18)12-5-4-10(7-14)6-11(12)13;/h4-6,9,15-16H,3,8H2,1-2H3;1H/t9-;/m1./s1. The topological polar surface area (TPSA) is 82.0 Å². The fourth-order valence-electron chi connectivity index (χ4n) is 1.52. The van der Waals surface area contributed by atoms with E-state index < -0.39 is 10.0 Å². The van der Waals surface area contributed by atoms with Gasteiger partial charge >= 0.3 is 0 Å². The molecule has 5 nitrogen and oxygen atoms in total. The molecule has 0 spiro atoms. The molecule has 0 saturated carbocycles. The molecule has 0 radical (unpaired) electrons. The van der Waals surface area contributed by atoms with Crippen molar-refractivity contribution in [2.75, 3.05) is 13.1 Å². The molecule has 0 aliphatic rings. The van der Waals surface area contributed by atoms with Crippen molar-refractivity contribution in [1.82, 2.24) is 10.0 Å². The van der Waals surface area contributed by atoms with Crippen LogP contribution < -0.4 is 10.0 Å². The minimum absolute atomic E-state index is 0. The van der Waals surface area contributed by atoms with Gasteiger partial charge in [0.15, 0.2) is 0 Å². The van der Waals surface area contributed by atoms with Crippen LogP contribution in [0.5, 0.6) is 0 Å². The third-order valence-electron chi connectivity index (χ3n) is 2.48. The number of nitriles is 1. The highest BCUT2D eigenvalue weighted by Gasteiger charge is 2.18. The molecule has 0 saturated heterocycles. The van der Waals surface area contributed by atoms with Crippen LogP contribution in [0.1, 0.15) is 19.4 Å². The Bertz CT molecular complexity index is 585. The Morgan fingerprint density at radius 1 is 1.45 bits per heavy atom. The average molecular weight is 338 g/mol. The smallest absolute Gasteiger partial charge is 0.242 e. The number of nitrogens with one attached hydrogen (secondary N) is 2. The van der Waals surface area contributed by atoms with Gasteiger partial charge in [-0.3, -0.25) is 0 Å². The highest BCUT2D eigenvalue weighted by atomic mass is 35.5. The number of hydrogen-bond acceptors (Lipinski definition) is 4. The molecule has 0 bridgehead atoms. The van der Waals surface area contributed by atoms with E-state index in [9.17, 15) is 8.42 Å². The van der Waals surface area contributed by atoms with E-state index in [1.54, 1.807) is 0 Å². The van der Waals surface area contributed by atoms with E-state index in [0.717, 1.165) is 6.54 Å². The Balaban J connectivity index is 0.00000361. The first-order valence-corrected chi connectivity index (χ1v) is 7.69. The molecular weight excluding hydrogens is 321 g/mol. The molecule has 0 fully saturated rings. The van der Waals surface area contributed by atoms with Gasteiger partial charge in [0, 0.05) is 12.6 Å². The van der Waals surface area contributed by atoms with Gasteiger partial charge in [0.1, 0.15) is 4.90 Å². The predicted molar refractivity (Wildman–Crippen MR) is 81.7 cm³/mol. The SMILES string of the molecule is CCN[C@H](C)CNS(=O)(=O)c1ccc(C#N)cc1Cl.Cl. The summed E-state index contributed by atoms with van der Waals surface area (Å²) in [4.78, 5) is -0.0168. The molecule has 1 aromatic carbocycles. The first-order chi connectivity index (χ1) is 8.90. The lowest BCUT2D eigenvalue weighted by Crippen LogP contribution is -2.38. The first-order valence-electron chi connectivity index (χ1n) is 5.83. The quantitative estimate of drug-likeness (QED) is 0.830. The number of nitrogens with zero attached hydrogens (tertiary/aromatic N) is 1. The lowest BCUT2D eigenvalue weighted by atomic mass is 10.2. The van der Waals surface area contributed by atoms with Crippen molar-refractivity contribution in [1.29, 1.82) is 5.26 Å². The summed E-state index contributed by atoms with van der Waals surface area (Å²) in [5.74, 6) is 0. The lowest BCUT2D eigenvalue weighted by Gasteiger charge is -2.14. The largest absolute Gasteiger partial charge is 0.313 e. The normalized spacial score (nSPS) is 12.3. The Labute approximate surface area is 130 Å². The lowest BCUT2D eigenvalue weighted by molar-refractivity contribution is 0.536. The van der Waals surface area contributed by atoms with E-state index in [2.05, 4.69) is 10.0 Å². The third-order valence-corrected chi connectivity index (χ3v) is 4.39. The Kier molecular flexibility index (Phi) is 8.09. The molecule has 0 aromatic heterocycles. The van der Waals surface area contributed by atoms with E-state index in [1.165, 1.54) is 18.2 Å². The molecule has 20 heavy (non-hydrogen) atoms. The zero-order valence-electron chi connectivity index (χ0n) is 11.2. The van der Waals surface area contributed by atoms with Gasteiger partial charge in [-0.1, -0.05) is 18.5 Å². The molecular formula is C12H17Cl2N3O2S. The van der Waals surface area contributed by atoms with E-state index >= 15 is 0 Å². The van der Waals surface area contributed by atoms with Gasteiger partial charge in [-0.15, -0.1) is 12.4 Å². The van der Waals surface area contributed by atoms with Crippen molar-refractivity contribution in [3.63, 3.8) is 0 Å². The number of rotatable bonds is 6. The van der Waals surface area contributed by atoms with Crippen LogP contribution in [0.3, 0.4) is 0 Å². The number of sulfonamides is 1. The monoisotopic (exact) mass is 337 g/mol. The second-order valence-electron chi connectivity index (χ2n) is 4.07. The fourth-order valence-corrected chi connectivity index (χ4v) is 3.19. The van der Waals surface area contributed by atoms with Crippen molar-refractivity contribution in [2.24, 2.45) is 0 Å². The van der Waals surface area contributed by atoms with E-state index in [4.69, 9.17) is 16.9 Å². The Morgan fingerprint density at radius 2 is 2.10 bits per heavy atom. The zero-order valence-corrected chi connectivity index (χ0v) is 13.6. The van der Waals surface area contributed by atoms with Crippen LogP contribution >= 0.6 is 24.0 Å². The molecule has 112 valence electrons. The molecule has 1 rings (SSSR count). The van der Waals surface area contributed by atoms with Gasteiger partial charge in [0.05, 0.1) is 16.7 Å². The molecule has 0 aliphatic carbocycles. The van der Waals surface area contributed by atoms with Crippen LogP contribution in [0.25, 0.3) is 0 Å². The maximum Gasteiger partial charge on any atom is 0.242 e. The maximum atomic E-state index is 12.1. The highest BCUT2D eigenvalue weighted by Crippen LogP contribution is 2.22. The van der Waals surface area contributed by atoms with Crippen molar-refractivity contribution in [3.05, 3.63) is 28.8 Å². The van der Waals surface area contributed by atoms with E-state index in [-0.39, 0.29) is 34.9 Å². The van der Waals surface area contributed by atoms with Crippen LogP contribution in [0.2, 0.25) is 5.02 Å². The van der Waals surface area contributed by atoms with Gasteiger partial charge in [-0.05, 0) is 31.7 Å². The van der Waals surface area contributed by atoms with Gasteiger partial charge in [0.2, 0.25) is 10.0 Å². The van der Waals surface area contributed by atoms with Gasteiger partial charge in [-0.2, -0.15) is 5.26 Å². The van der Waals surface area contributed by atoms with Crippen LogP contribution in [-0.4, -0.2) is 27.5 Å². The van der Waals surface area contributed by atoms with Crippen LogP contribution in [0, 0.1) is 11.3 Å². The van der Waals surface area contributed by atoms with Crippen molar-refractivity contribution >= 4 is 34.0 Å². The molecule has 2 N–H and O–H groups in total. The number of benzene rings is 1. The van der Waals surface area contributed by atoms with E-state index in [0.29, 0.717) is 5.56 Å². The summed E-state index contributed by atoms with van der Waals surface area (Å²) in [6, 6.07) is 6.03. The highest BCUT2D eigenvalue weighted by molar-refractivity contribution is 7.89. The molecule has 0 aliphatic heterocycles. The molecule has 0 unspecified atom stereocenters. The van der Waals surface area contributed by atoms with Gasteiger partial charge < -0.3 is 5.32 Å². The van der Waals surface area contributed by atoms with E-state index in [1.807, 2.05) is 19.9 Å². The minimum Gasteiger partial charge on any atom is -0.313 e. The maximum absolute atomic E-state index is 12.1. The molecule has 0 heterocycles. The van der Waals surface area contributed by atoms with Crippen LogP contribution in [0.15, 0.2) is 23.1 Å². The second kappa shape index (κ2) is 8.45. The van der Waals surface area contributed by atoms with Crippen molar-refractivity contribution in [3.8, 4) is 6.07 Å².